The van der Waals surface area contributed by atoms with E-state index in [-0.39, 0.29) is 24.2 Å². The minimum absolute atomic E-state index is 0. The zero-order chi connectivity index (χ0) is 20.2. The Labute approximate surface area is 192 Å². The lowest BCUT2D eigenvalue weighted by Gasteiger charge is -2.08. The van der Waals surface area contributed by atoms with Crippen LogP contribution in [0.5, 0.6) is 0 Å². The zero-order valence-electron chi connectivity index (χ0n) is 15.1. The molecule has 0 aliphatic heterocycles. The smallest absolute Gasteiger partial charge is 0.324 e. The molecule has 0 radical (unpaired) electrons. The van der Waals surface area contributed by atoms with Crippen LogP contribution in [0.2, 0.25) is 0 Å². The van der Waals surface area contributed by atoms with Gasteiger partial charge in [-0.1, -0.05) is 79.5 Å². The van der Waals surface area contributed by atoms with E-state index in [0.29, 0.717) is 19.6 Å². The molecule has 0 bridgehead atoms. The van der Waals surface area contributed by atoms with Gasteiger partial charge in [-0.05, 0) is 49.2 Å². The standard InChI is InChI=1S/C10H10Br2O2.C10H11BrO2.CH4/c1-2-14-10(13)9(12)7-3-5-8(11)6-4-7;1-2-13-10(12)7-8-3-5-9(11)6-4-8;/h3-6,9H,2H2,1H3;3-6H,2,7H2,1H3;1H4. The third-order valence-electron chi connectivity index (χ3n) is 3.22. The monoisotopic (exact) mass is 578 g/mol. The summed E-state index contributed by atoms with van der Waals surface area (Å²) in [6.07, 6.45) is 0.348. The topological polar surface area (TPSA) is 52.6 Å². The van der Waals surface area contributed by atoms with Gasteiger partial charge in [0.1, 0.15) is 4.83 Å². The van der Waals surface area contributed by atoms with Crippen LogP contribution in [-0.4, -0.2) is 25.2 Å². The fourth-order valence-electron chi connectivity index (χ4n) is 1.96. The van der Waals surface area contributed by atoms with Crippen LogP contribution >= 0.6 is 47.8 Å². The molecule has 0 aliphatic rings. The van der Waals surface area contributed by atoms with Gasteiger partial charge in [-0.25, -0.2) is 0 Å². The van der Waals surface area contributed by atoms with Crippen molar-refractivity contribution in [1.29, 1.82) is 0 Å². The highest BCUT2D eigenvalue weighted by atomic mass is 79.9. The van der Waals surface area contributed by atoms with Crippen LogP contribution in [-0.2, 0) is 25.5 Å². The molecule has 1 atom stereocenters. The molecule has 2 aromatic rings. The van der Waals surface area contributed by atoms with Crippen molar-refractivity contribution in [2.24, 2.45) is 0 Å². The number of rotatable bonds is 6. The van der Waals surface area contributed by atoms with Crippen molar-refractivity contribution in [2.45, 2.75) is 32.5 Å². The first-order chi connectivity index (χ1) is 12.9. The molecule has 1 unspecified atom stereocenters. The Morgan fingerprint density at radius 3 is 1.79 bits per heavy atom. The summed E-state index contributed by atoms with van der Waals surface area (Å²) in [5.41, 5.74) is 1.87. The van der Waals surface area contributed by atoms with Gasteiger partial charge in [0.2, 0.25) is 0 Å². The Bertz CT molecular complexity index is 715. The van der Waals surface area contributed by atoms with Crippen LogP contribution in [0.3, 0.4) is 0 Å². The van der Waals surface area contributed by atoms with Crippen LogP contribution in [0.4, 0.5) is 0 Å². The fraction of sp³-hybridized carbons (Fsp3) is 0.333. The van der Waals surface area contributed by atoms with Gasteiger partial charge in [0.05, 0.1) is 19.6 Å². The number of benzene rings is 2. The molecule has 0 aromatic heterocycles. The second-order valence-corrected chi connectivity index (χ2v) is 8.02. The summed E-state index contributed by atoms with van der Waals surface area (Å²) in [6, 6.07) is 15.2. The predicted molar refractivity (Wildman–Crippen MR) is 124 cm³/mol. The summed E-state index contributed by atoms with van der Waals surface area (Å²) in [7, 11) is 0. The van der Waals surface area contributed by atoms with E-state index in [9.17, 15) is 9.59 Å². The summed E-state index contributed by atoms with van der Waals surface area (Å²) in [6.45, 7) is 4.44. The molecule has 0 saturated carbocycles. The predicted octanol–water partition coefficient (Wildman–Crippen LogP) is 6.64. The van der Waals surface area contributed by atoms with Gasteiger partial charge in [-0.15, -0.1) is 0 Å². The number of carbonyl (C=O) groups excluding carboxylic acids is 2. The van der Waals surface area contributed by atoms with Gasteiger partial charge in [0.15, 0.2) is 0 Å². The van der Waals surface area contributed by atoms with E-state index in [4.69, 9.17) is 9.47 Å². The molecule has 0 amide bonds. The van der Waals surface area contributed by atoms with Crippen LogP contribution < -0.4 is 0 Å². The first-order valence-corrected chi connectivity index (χ1v) is 10.8. The second kappa shape index (κ2) is 14.8. The Kier molecular flexibility index (Phi) is 14.1. The van der Waals surface area contributed by atoms with Crippen molar-refractivity contribution in [3.63, 3.8) is 0 Å². The number of ether oxygens (including phenoxy) is 2. The number of alkyl halides is 1. The van der Waals surface area contributed by atoms with Crippen molar-refractivity contribution >= 4 is 59.7 Å². The Morgan fingerprint density at radius 1 is 0.857 bits per heavy atom. The third-order valence-corrected chi connectivity index (χ3v) is 5.18. The van der Waals surface area contributed by atoms with E-state index >= 15 is 0 Å². The molecule has 2 aromatic carbocycles. The molecule has 0 aliphatic carbocycles. The molecule has 0 N–H and O–H groups in total. The maximum atomic E-state index is 11.3. The zero-order valence-corrected chi connectivity index (χ0v) is 19.8. The first kappa shape index (κ1) is 26.8. The quantitative estimate of drug-likeness (QED) is 0.284. The number of halogens is 3. The summed E-state index contributed by atoms with van der Waals surface area (Å²) in [4.78, 5) is 22.0. The van der Waals surface area contributed by atoms with Gasteiger partial charge in [-0.2, -0.15) is 0 Å². The molecule has 0 heterocycles. The summed E-state index contributed by atoms with van der Waals surface area (Å²) < 4.78 is 11.7. The van der Waals surface area contributed by atoms with E-state index in [0.717, 1.165) is 20.1 Å². The van der Waals surface area contributed by atoms with Gasteiger partial charge in [0.25, 0.3) is 0 Å². The Balaban J connectivity index is 0.000000504. The van der Waals surface area contributed by atoms with E-state index < -0.39 is 0 Å². The summed E-state index contributed by atoms with van der Waals surface area (Å²) >= 11 is 9.94. The number of carbonyl (C=O) groups is 2. The minimum atomic E-state index is -0.379. The van der Waals surface area contributed by atoms with Gasteiger partial charge in [0, 0.05) is 8.95 Å². The van der Waals surface area contributed by atoms with E-state index in [1.807, 2.05) is 48.5 Å². The highest BCUT2D eigenvalue weighted by molar-refractivity contribution is 9.10. The Morgan fingerprint density at radius 2 is 1.32 bits per heavy atom. The van der Waals surface area contributed by atoms with Crippen molar-refractivity contribution in [3.8, 4) is 0 Å². The molecule has 4 nitrogen and oxygen atoms in total. The molecule has 0 spiro atoms. The molecular weight excluding hydrogens is 556 g/mol. The van der Waals surface area contributed by atoms with Crippen LogP contribution in [0.15, 0.2) is 57.5 Å². The molecule has 28 heavy (non-hydrogen) atoms. The highest BCUT2D eigenvalue weighted by Gasteiger charge is 2.17. The van der Waals surface area contributed by atoms with Gasteiger partial charge < -0.3 is 9.47 Å². The average molecular weight is 581 g/mol. The maximum absolute atomic E-state index is 11.3. The number of esters is 2. The maximum Gasteiger partial charge on any atom is 0.324 e. The molecule has 7 heteroatoms. The van der Waals surface area contributed by atoms with Crippen molar-refractivity contribution in [2.75, 3.05) is 13.2 Å². The average Bonchev–Trinajstić information content (AvgIpc) is 2.64. The van der Waals surface area contributed by atoms with Crippen LogP contribution in [0.1, 0.15) is 37.2 Å². The first-order valence-electron chi connectivity index (χ1n) is 8.33. The van der Waals surface area contributed by atoms with Crippen molar-refractivity contribution in [3.05, 3.63) is 68.6 Å². The van der Waals surface area contributed by atoms with Gasteiger partial charge >= 0.3 is 11.9 Å². The molecule has 2 rings (SSSR count). The van der Waals surface area contributed by atoms with Crippen LogP contribution in [0.25, 0.3) is 0 Å². The third kappa shape index (κ3) is 10.4. The van der Waals surface area contributed by atoms with Crippen LogP contribution in [0, 0.1) is 0 Å². The minimum Gasteiger partial charge on any atom is -0.466 e. The fourth-order valence-corrected chi connectivity index (χ4v) is 2.93. The van der Waals surface area contributed by atoms with Crippen molar-refractivity contribution < 1.29 is 19.1 Å². The van der Waals surface area contributed by atoms with Gasteiger partial charge in [-0.3, -0.25) is 9.59 Å². The molecule has 0 saturated heterocycles. The second-order valence-electron chi connectivity index (χ2n) is 5.27. The normalized spacial score (nSPS) is 10.6. The van der Waals surface area contributed by atoms with E-state index in [1.165, 1.54) is 0 Å². The van der Waals surface area contributed by atoms with Crippen molar-refractivity contribution in [1.82, 2.24) is 0 Å². The number of hydrogen-bond donors (Lipinski definition) is 0. The Hall–Kier alpha value is -1.18. The SMILES string of the molecule is C.CCOC(=O)C(Br)c1ccc(Br)cc1.CCOC(=O)Cc1ccc(Br)cc1. The molecule has 154 valence electrons. The summed E-state index contributed by atoms with van der Waals surface area (Å²) in [5.74, 6) is -0.431. The largest absolute Gasteiger partial charge is 0.466 e. The summed E-state index contributed by atoms with van der Waals surface area (Å²) in [5, 5.41) is 0. The lowest BCUT2D eigenvalue weighted by molar-refractivity contribution is -0.143. The lowest BCUT2D eigenvalue weighted by Crippen LogP contribution is -2.10. The van der Waals surface area contributed by atoms with E-state index in [2.05, 4.69) is 47.8 Å². The highest BCUT2D eigenvalue weighted by Crippen LogP contribution is 2.25. The molecule has 0 fully saturated rings. The molecular formula is C21H25Br3O4. The number of hydrogen-bond acceptors (Lipinski definition) is 4. The lowest BCUT2D eigenvalue weighted by atomic mass is 10.1. The van der Waals surface area contributed by atoms with E-state index in [1.54, 1.807) is 13.8 Å².